The molecule has 112 valence electrons. The van der Waals surface area contributed by atoms with Crippen LogP contribution in [0.5, 0.6) is 5.88 Å². The van der Waals surface area contributed by atoms with Crippen LogP contribution in [0.2, 0.25) is 0 Å². The van der Waals surface area contributed by atoms with Crippen LogP contribution in [-0.2, 0) is 14.5 Å². The second-order valence-corrected chi connectivity index (χ2v) is 5.68. The van der Waals surface area contributed by atoms with Gasteiger partial charge in [0.1, 0.15) is 18.5 Å². The first kappa shape index (κ1) is 15.1. The fraction of sp³-hybridized carbons (Fsp3) is 0.600. The van der Waals surface area contributed by atoms with E-state index in [2.05, 4.69) is 14.2 Å². The van der Waals surface area contributed by atoms with Crippen molar-refractivity contribution < 1.29 is 27.6 Å². The fourth-order valence-electron chi connectivity index (χ4n) is 2.05. The Balaban J connectivity index is 1.96. The molecule has 0 saturated heterocycles. The van der Waals surface area contributed by atoms with Crippen LogP contribution < -0.4 is 9.88 Å². The zero-order chi connectivity index (χ0) is 14.8. The normalized spacial score (nSPS) is 30.4. The van der Waals surface area contributed by atoms with Gasteiger partial charge in [0, 0.05) is 18.2 Å². The first-order chi connectivity index (χ1) is 9.37. The van der Waals surface area contributed by atoms with E-state index in [9.17, 15) is 18.6 Å². The van der Waals surface area contributed by atoms with Crippen LogP contribution in [0.3, 0.4) is 0 Å². The molecule has 0 spiro atoms. The standard InChI is InChI=1S/C10H15N3O6S/c11-20(16,17)18-4-6-3-7(10(15)9(6)14)19-8-1-2-12-5-13-8/h1-2,5-7,9-10,14-15H,3-4H2,(H2,11,16,17)/t6-,7+,9+,10-/m0/s1. The first-order valence-corrected chi connectivity index (χ1v) is 7.30. The molecule has 2 rings (SSSR count). The van der Waals surface area contributed by atoms with E-state index in [4.69, 9.17) is 9.88 Å². The van der Waals surface area contributed by atoms with Gasteiger partial charge in [-0.3, -0.25) is 4.18 Å². The zero-order valence-electron chi connectivity index (χ0n) is 10.4. The van der Waals surface area contributed by atoms with Gasteiger partial charge >= 0.3 is 10.3 Å². The van der Waals surface area contributed by atoms with E-state index in [1.807, 2.05) is 0 Å². The van der Waals surface area contributed by atoms with Gasteiger partial charge in [-0.2, -0.15) is 8.42 Å². The minimum Gasteiger partial charge on any atom is -0.471 e. The molecule has 1 aliphatic carbocycles. The topological polar surface area (TPSA) is 145 Å². The number of aliphatic hydroxyl groups excluding tert-OH is 2. The third-order valence-electron chi connectivity index (χ3n) is 3.02. The Morgan fingerprint density at radius 2 is 2.15 bits per heavy atom. The molecule has 10 heteroatoms. The van der Waals surface area contributed by atoms with Crippen molar-refractivity contribution in [1.82, 2.24) is 9.97 Å². The van der Waals surface area contributed by atoms with Gasteiger partial charge in [-0.05, 0) is 6.42 Å². The molecule has 1 fully saturated rings. The summed E-state index contributed by atoms with van der Waals surface area (Å²) < 4.78 is 31.3. The number of rotatable bonds is 5. The van der Waals surface area contributed by atoms with Crippen molar-refractivity contribution in [3.63, 3.8) is 0 Å². The summed E-state index contributed by atoms with van der Waals surface area (Å²) in [6.07, 6.45) is -0.0743. The molecule has 0 unspecified atom stereocenters. The molecule has 4 atom stereocenters. The molecule has 0 radical (unpaired) electrons. The molecule has 9 nitrogen and oxygen atoms in total. The summed E-state index contributed by atoms with van der Waals surface area (Å²) in [4.78, 5) is 7.56. The van der Waals surface area contributed by atoms with Gasteiger partial charge in [-0.25, -0.2) is 15.1 Å². The monoisotopic (exact) mass is 305 g/mol. The number of hydrogen-bond acceptors (Lipinski definition) is 8. The second-order valence-electron chi connectivity index (χ2n) is 4.46. The molecular formula is C10H15N3O6S. The highest BCUT2D eigenvalue weighted by Gasteiger charge is 2.43. The highest BCUT2D eigenvalue weighted by Crippen LogP contribution is 2.30. The maximum atomic E-state index is 10.7. The zero-order valence-corrected chi connectivity index (χ0v) is 11.2. The lowest BCUT2D eigenvalue weighted by atomic mass is 10.1. The van der Waals surface area contributed by atoms with Crippen molar-refractivity contribution in [3.8, 4) is 5.88 Å². The summed E-state index contributed by atoms with van der Waals surface area (Å²) in [7, 11) is -4.08. The molecule has 1 aromatic rings. The Morgan fingerprint density at radius 1 is 1.40 bits per heavy atom. The lowest BCUT2D eigenvalue weighted by Crippen LogP contribution is -2.35. The number of nitrogens with two attached hydrogens (primary N) is 1. The quantitative estimate of drug-likeness (QED) is 0.577. The van der Waals surface area contributed by atoms with Gasteiger partial charge in [-0.15, -0.1) is 0 Å². The molecule has 1 saturated carbocycles. The molecule has 1 aromatic heterocycles. The Kier molecular flexibility index (Phi) is 4.50. The summed E-state index contributed by atoms with van der Waals surface area (Å²) >= 11 is 0. The number of aliphatic hydroxyl groups is 2. The predicted molar refractivity (Wildman–Crippen MR) is 65.6 cm³/mol. The average Bonchev–Trinajstić information content (AvgIpc) is 2.65. The predicted octanol–water partition coefficient (Wildman–Crippen LogP) is -1.81. The van der Waals surface area contributed by atoms with Crippen molar-refractivity contribution >= 4 is 10.3 Å². The van der Waals surface area contributed by atoms with E-state index in [0.717, 1.165) is 0 Å². The number of ether oxygens (including phenoxy) is 1. The van der Waals surface area contributed by atoms with Crippen LogP contribution in [0.15, 0.2) is 18.6 Å². The Labute approximate surface area is 115 Å². The van der Waals surface area contributed by atoms with E-state index in [1.54, 1.807) is 0 Å². The molecule has 0 amide bonds. The van der Waals surface area contributed by atoms with Crippen LogP contribution in [0, 0.1) is 5.92 Å². The molecule has 1 heterocycles. The molecule has 0 aromatic carbocycles. The van der Waals surface area contributed by atoms with Gasteiger partial charge in [0.2, 0.25) is 5.88 Å². The largest absolute Gasteiger partial charge is 0.471 e. The number of aromatic nitrogens is 2. The minimum atomic E-state index is -4.08. The van der Waals surface area contributed by atoms with Crippen LogP contribution in [0.1, 0.15) is 6.42 Å². The minimum absolute atomic E-state index is 0.210. The maximum Gasteiger partial charge on any atom is 0.333 e. The van der Waals surface area contributed by atoms with Crippen LogP contribution in [0.4, 0.5) is 0 Å². The molecule has 1 aliphatic rings. The summed E-state index contributed by atoms with van der Waals surface area (Å²) in [5, 5.41) is 24.4. The van der Waals surface area contributed by atoms with Gasteiger partial charge in [0.25, 0.3) is 0 Å². The van der Waals surface area contributed by atoms with Crippen LogP contribution in [-0.4, -0.2) is 53.5 Å². The number of hydrogen-bond donors (Lipinski definition) is 3. The van der Waals surface area contributed by atoms with Crippen molar-refractivity contribution in [2.75, 3.05) is 6.61 Å². The van der Waals surface area contributed by atoms with Gasteiger partial charge < -0.3 is 14.9 Å². The van der Waals surface area contributed by atoms with Crippen molar-refractivity contribution in [2.24, 2.45) is 11.1 Å². The summed E-state index contributed by atoms with van der Waals surface area (Å²) in [6.45, 7) is -0.319. The molecule has 20 heavy (non-hydrogen) atoms. The fourth-order valence-corrected chi connectivity index (χ4v) is 2.41. The third-order valence-corrected chi connectivity index (χ3v) is 3.49. The highest BCUT2D eigenvalue weighted by molar-refractivity contribution is 7.84. The molecule has 4 N–H and O–H groups in total. The van der Waals surface area contributed by atoms with Gasteiger partial charge in [0.15, 0.2) is 0 Å². The smallest absolute Gasteiger partial charge is 0.333 e. The summed E-state index contributed by atoms with van der Waals surface area (Å²) in [5.41, 5.74) is 0. The van der Waals surface area contributed by atoms with Gasteiger partial charge in [-0.1, -0.05) is 0 Å². The molecule has 0 aliphatic heterocycles. The average molecular weight is 305 g/mol. The third kappa shape index (κ3) is 3.84. The summed E-state index contributed by atoms with van der Waals surface area (Å²) in [5.74, 6) is -0.348. The van der Waals surface area contributed by atoms with Crippen molar-refractivity contribution in [3.05, 3.63) is 18.6 Å². The van der Waals surface area contributed by atoms with E-state index in [1.165, 1.54) is 18.6 Å². The lowest BCUT2D eigenvalue weighted by Gasteiger charge is -2.17. The van der Waals surface area contributed by atoms with Crippen molar-refractivity contribution in [1.29, 1.82) is 0 Å². The van der Waals surface area contributed by atoms with Gasteiger partial charge in [0.05, 0.1) is 12.7 Å². The number of nitrogens with zero attached hydrogens (tertiary/aromatic N) is 2. The van der Waals surface area contributed by atoms with E-state index in [0.29, 0.717) is 0 Å². The van der Waals surface area contributed by atoms with Crippen molar-refractivity contribution in [2.45, 2.75) is 24.7 Å². The SMILES string of the molecule is NS(=O)(=O)OC[C@@H]1C[C@@H](Oc2ccncn2)[C@H](O)[C@@H]1O. The second kappa shape index (κ2) is 5.97. The molecular weight excluding hydrogens is 290 g/mol. The Morgan fingerprint density at radius 3 is 2.75 bits per heavy atom. The van der Waals surface area contributed by atoms with E-state index >= 15 is 0 Å². The first-order valence-electron chi connectivity index (χ1n) is 5.83. The van der Waals surface area contributed by atoms with E-state index in [-0.39, 0.29) is 18.9 Å². The highest BCUT2D eigenvalue weighted by atomic mass is 32.2. The maximum absolute atomic E-state index is 10.7. The summed E-state index contributed by atoms with van der Waals surface area (Å²) in [6, 6.07) is 1.51. The molecule has 0 bridgehead atoms. The van der Waals surface area contributed by atoms with Crippen LogP contribution in [0.25, 0.3) is 0 Å². The van der Waals surface area contributed by atoms with E-state index < -0.39 is 34.5 Å². The lowest BCUT2D eigenvalue weighted by molar-refractivity contribution is -0.0230. The Hall–Kier alpha value is -1.33. The Bertz CT molecular complexity index is 539. The van der Waals surface area contributed by atoms with Crippen LogP contribution >= 0.6 is 0 Å².